The van der Waals surface area contributed by atoms with E-state index in [1.807, 2.05) is 0 Å². The Bertz CT molecular complexity index is 464. The van der Waals surface area contributed by atoms with Gasteiger partial charge in [-0.15, -0.1) is 0 Å². The summed E-state index contributed by atoms with van der Waals surface area (Å²) in [6, 6.07) is 4.13. The lowest BCUT2D eigenvalue weighted by Crippen LogP contribution is -2.20. The van der Waals surface area contributed by atoms with Gasteiger partial charge >= 0.3 is 0 Å². The van der Waals surface area contributed by atoms with Crippen molar-refractivity contribution in [2.75, 3.05) is 0 Å². The predicted octanol–water partition coefficient (Wildman–Crippen LogP) is 4.79. The monoisotopic (exact) mass is 277 g/mol. The maximum absolute atomic E-state index is 10.6. The number of hydrogen-bond donors (Lipinski definition) is 2. The molecule has 3 N–H and O–H groups in total. The van der Waals surface area contributed by atoms with Crippen LogP contribution in [0.1, 0.15) is 84.0 Å². The van der Waals surface area contributed by atoms with Crippen LogP contribution in [-0.2, 0) is 10.8 Å². The minimum Gasteiger partial charge on any atom is -0.507 e. The Labute approximate surface area is 124 Å². The molecule has 0 aliphatic carbocycles. The second-order valence-corrected chi connectivity index (χ2v) is 7.86. The Kier molecular flexibility index (Phi) is 4.91. The summed E-state index contributed by atoms with van der Waals surface area (Å²) in [4.78, 5) is 0. The standard InChI is InChI=1S/C18H31NO/c1-8-9-15(19)13-10-12(17(2,3)4)11-14(16(13)20)18(5,6)7/h10-11,15,20H,8-9,19H2,1-7H3/t15-/m1/s1. The van der Waals surface area contributed by atoms with E-state index in [1.165, 1.54) is 5.56 Å². The van der Waals surface area contributed by atoms with E-state index in [2.05, 4.69) is 60.6 Å². The van der Waals surface area contributed by atoms with Gasteiger partial charge in [-0.1, -0.05) is 61.0 Å². The number of aromatic hydroxyl groups is 1. The molecule has 114 valence electrons. The molecule has 2 heteroatoms. The highest BCUT2D eigenvalue weighted by Crippen LogP contribution is 2.40. The topological polar surface area (TPSA) is 46.2 Å². The third kappa shape index (κ3) is 3.76. The molecule has 1 aromatic carbocycles. The first-order valence-electron chi connectivity index (χ1n) is 7.62. The Morgan fingerprint density at radius 3 is 2.00 bits per heavy atom. The summed E-state index contributed by atoms with van der Waals surface area (Å²) in [6.45, 7) is 15.1. The molecule has 0 radical (unpaired) electrons. The van der Waals surface area contributed by atoms with E-state index >= 15 is 0 Å². The lowest BCUT2D eigenvalue weighted by Gasteiger charge is -2.29. The van der Waals surface area contributed by atoms with Gasteiger partial charge in [0.15, 0.2) is 0 Å². The summed E-state index contributed by atoms with van der Waals surface area (Å²) in [5, 5.41) is 10.6. The molecule has 0 fully saturated rings. The van der Waals surface area contributed by atoms with Crippen LogP contribution in [0.2, 0.25) is 0 Å². The molecule has 0 unspecified atom stereocenters. The Morgan fingerprint density at radius 2 is 1.60 bits per heavy atom. The minimum absolute atomic E-state index is 0.0500. The van der Waals surface area contributed by atoms with Crippen LogP contribution in [-0.4, -0.2) is 5.11 Å². The average Bonchev–Trinajstić information content (AvgIpc) is 2.26. The highest BCUT2D eigenvalue weighted by molar-refractivity contribution is 5.49. The SMILES string of the molecule is CCC[C@@H](N)c1cc(C(C)(C)C)cc(C(C)(C)C)c1O. The fraction of sp³-hybridized carbons (Fsp3) is 0.667. The molecule has 0 aromatic heterocycles. The normalized spacial score (nSPS) is 14.4. The van der Waals surface area contributed by atoms with Gasteiger partial charge in [-0.05, 0) is 34.4 Å². The summed E-state index contributed by atoms with van der Waals surface area (Å²) >= 11 is 0. The molecule has 20 heavy (non-hydrogen) atoms. The Morgan fingerprint density at radius 1 is 1.05 bits per heavy atom. The van der Waals surface area contributed by atoms with Crippen LogP contribution in [0, 0.1) is 0 Å². The van der Waals surface area contributed by atoms with Gasteiger partial charge in [0.25, 0.3) is 0 Å². The van der Waals surface area contributed by atoms with Crippen LogP contribution in [0.15, 0.2) is 12.1 Å². The van der Waals surface area contributed by atoms with Crippen LogP contribution >= 0.6 is 0 Å². The second-order valence-electron chi connectivity index (χ2n) is 7.86. The van der Waals surface area contributed by atoms with Crippen molar-refractivity contribution >= 4 is 0 Å². The van der Waals surface area contributed by atoms with Crippen molar-refractivity contribution in [1.29, 1.82) is 0 Å². The quantitative estimate of drug-likeness (QED) is 0.834. The van der Waals surface area contributed by atoms with Gasteiger partial charge in [0.1, 0.15) is 5.75 Å². The molecule has 0 aliphatic rings. The van der Waals surface area contributed by atoms with Gasteiger partial charge in [-0.3, -0.25) is 0 Å². The molecular formula is C18H31NO. The zero-order chi connectivity index (χ0) is 15.7. The number of nitrogens with two attached hydrogens (primary N) is 1. The van der Waals surface area contributed by atoms with E-state index in [4.69, 9.17) is 5.73 Å². The number of hydrogen-bond acceptors (Lipinski definition) is 2. The van der Waals surface area contributed by atoms with Crippen molar-refractivity contribution in [3.05, 3.63) is 28.8 Å². The number of rotatable bonds is 3. The number of benzene rings is 1. The summed E-state index contributed by atoms with van der Waals surface area (Å²) in [5.41, 5.74) is 9.35. The molecule has 2 nitrogen and oxygen atoms in total. The van der Waals surface area contributed by atoms with Crippen molar-refractivity contribution in [1.82, 2.24) is 0 Å². The van der Waals surface area contributed by atoms with Crippen molar-refractivity contribution in [3.63, 3.8) is 0 Å². The van der Waals surface area contributed by atoms with E-state index in [0.717, 1.165) is 24.0 Å². The number of phenolic OH excluding ortho intramolecular Hbond substituents is 1. The third-order valence-electron chi connectivity index (χ3n) is 3.81. The molecule has 1 rings (SSSR count). The largest absolute Gasteiger partial charge is 0.507 e. The van der Waals surface area contributed by atoms with Crippen molar-refractivity contribution < 1.29 is 5.11 Å². The molecule has 0 aliphatic heterocycles. The van der Waals surface area contributed by atoms with Crippen LogP contribution in [0.4, 0.5) is 0 Å². The van der Waals surface area contributed by atoms with Gasteiger partial charge in [0, 0.05) is 11.6 Å². The molecule has 0 heterocycles. The van der Waals surface area contributed by atoms with Gasteiger partial charge in [0.05, 0.1) is 0 Å². The first kappa shape index (κ1) is 17.0. The molecule has 0 bridgehead atoms. The molecule has 0 spiro atoms. The van der Waals surface area contributed by atoms with Crippen LogP contribution in [0.25, 0.3) is 0 Å². The van der Waals surface area contributed by atoms with Crippen LogP contribution in [0.3, 0.4) is 0 Å². The fourth-order valence-electron chi connectivity index (χ4n) is 2.41. The molecular weight excluding hydrogens is 246 g/mol. The van der Waals surface area contributed by atoms with E-state index in [1.54, 1.807) is 0 Å². The van der Waals surface area contributed by atoms with E-state index < -0.39 is 0 Å². The first-order chi connectivity index (χ1) is 8.98. The lowest BCUT2D eigenvalue weighted by atomic mass is 9.78. The van der Waals surface area contributed by atoms with Crippen molar-refractivity contribution in [3.8, 4) is 5.75 Å². The molecule has 0 saturated heterocycles. The maximum Gasteiger partial charge on any atom is 0.124 e. The van der Waals surface area contributed by atoms with Crippen molar-refractivity contribution in [2.24, 2.45) is 5.73 Å². The zero-order valence-corrected chi connectivity index (χ0v) is 14.2. The third-order valence-corrected chi connectivity index (χ3v) is 3.81. The minimum atomic E-state index is -0.0941. The summed E-state index contributed by atoms with van der Waals surface area (Å²) in [7, 11) is 0. The van der Waals surface area contributed by atoms with Gasteiger partial charge in [-0.2, -0.15) is 0 Å². The smallest absolute Gasteiger partial charge is 0.124 e. The van der Waals surface area contributed by atoms with Crippen molar-refractivity contribution in [2.45, 2.75) is 78.2 Å². The summed E-state index contributed by atoms with van der Waals surface area (Å²) < 4.78 is 0. The predicted molar refractivity (Wildman–Crippen MR) is 87.3 cm³/mol. The molecule has 1 aromatic rings. The first-order valence-corrected chi connectivity index (χ1v) is 7.62. The van der Waals surface area contributed by atoms with E-state index in [9.17, 15) is 5.11 Å². The highest BCUT2D eigenvalue weighted by Gasteiger charge is 2.26. The average molecular weight is 277 g/mol. The summed E-state index contributed by atoms with van der Waals surface area (Å²) in [6.07, 6.45) is 1.91. The Balaban J connectivity index is 3.51. The van der Waals surface area contributed by atoms with Crippen LogP contribution in [0.5, 0.6) is 5.75 Å². The number of phenols is 1. The highest BCUT2D eigenvalue weighted by atomic mass is 16.3. The summed E-state index contributed by atoms with van der Waals surface area (Å²) in [5.74, 6) is 0.381. The Hall–Kier alpha value is -1.02. The fourth-order valence-corrected chi connectivity index (χ4v) is 2.41. The second kappa shape index (κ2) is 5.77. The van der Waals surface area contributed by atoms with E-state index in [-0.39, 0.29) is 16.9 Å². The van der Waals surface area contributed by atoms with Crippen LogP contribution < -0.4 is 5.73 Å². The van der Waals surface area contributed by atoms with Gasteiger partial charge < -0.3 is 10.8 Å². The van der Waals surface area contributed by atoms with Gasteiger partial charge in [0.2, 0.25) is 0 Å². The van der Waals surface area contributed by atoms with Gasteiger partial charge in [-0.25, -0.2) is 0 Å². The lowest BCUT2D eigenvalue weighted by molar-refractivity contribution is 0.430. The zero-order valence-electron chi connectivity index (χ0n) is 14.2. The molecule has 1 atom stereocenters. The molecule has 0 amide bonds. The molecule has 0 saturated carbocycles. The van der Waals surface area contributed by atoms with E-state index in [0.29, 0.717) is 5.75 Å². The maximum atomic E-state index is 10.6.